The Morgan fingerprint density at radius 2 is 2.24 bits per heavy atom. The van der Waals surface area contributed by atoms with Crippen LogP contribution in [0.2, 0.25) is 0 Å². The quantitative estimate of drug-likeness (QED) is 0.611. The first-order valence-corrected chi connectivity index (χ1v) is 5.26. The molecule has 1 amide bonds. The molecule has 0 unspecified atom stereocenters. The number of carbonyl (C=O) groups excluding carboxylic acids is 1. The first-order chi connectivity index (χ1) is 8.06. The zero-order valence-corrected chi connectivity index (χ0v) is 9.63. The largest absolute Gasteiger partial charge is 0.342 e. The van der Waals surface area contributed by atoms with E-state index in [4.69, 9.17) is 5.73 Å². The molecule has 92 valence electrons. The van der Waals surface area contributed by atoms with Crippen LogP contribution in [0.1, 0.15) is 16.8 Å². The van der Waals surface area contributed by atoms with E-state index >= 15 is 0 Å². The molecule has 0 saturated carbocycles. The lowest BCUT2D eigenvalue weighted by Crippen LogP contribution is -2.28. The SMILES string of the molecule is CN(CCCN)C(=O)c1cccc([N+](=O)[O-])c1. The fourth-order valence-electron chi connectivity index (χ4n) is 1.40. The van der Waals surface area contributed by atoms with Crippen LogP contribution in [-0.2, 0) is 0 Å². The van der Waals surface area contributed by atoms with E-state index in [0.717, 1.165) is 0 Å². The summed E-state index contributed by atoms with van der Waals surface area (Å²) in [6.07, 6.45) is 0.706. The second-order valence-corrected chi connectivity index (χ2v) is 3.68. The highest BCUT2D eigenvalue weighted by molar-refractivity contribution is 5.94. The van der Waals surface area contributed by atoms with Gasteiger partial charge < -0.3 is 10.6 Å². The number of rotatable bonds is 5. The van der Waals surface area contributed by atoms with Gasteiger partial charge in [0.05, 0.1) is 4.92 Å². The highest BCUT2D eigenvalue weighted by Gasteiger charge is 2.14. The fourth-order valence-corrected chi connectivity index (χ4v) is 1.40. The summed E-state index contributed by atoms with van der Waals surface area (Å²) < 4.78 is 0. The Bertz CT molecular complexity index is 420. The lowest BCUT2D eigenvalue weighted by Gasteiger charge is -2.16. The van der Waals surface area contributed by atoms with Crippen LogP contribution in [0, 0.1) is 10.1 Å². The molecule has 1 aromatic carbocycles. The number of amides is 1. The number of hydrogen-bond donors (Lipinski definition) is 1. The molecule has 0 saturated heterocycles. The van der Waals surface area contributed by atoms with Crippen molar-refractivity contribution in [2.75, 3.05) is 20.1 Å². The van der Waals surface area contributed by atoms with Crippen LogP contribution < -0.4 is 5.73 Å². The monoisotopic (exact) mass is 237 g/mol. The third-order valence-corrected chi connectivity index (χ3v) is 2.35. The summed E-state index contributed by atoms with van der Waals surface area (Å²) in [5, 5.41) is 10.6. The third kappa shape index (κ3) is 3.53. The molecule has 0 aliphatic heterocycles. The molecule has 0 radical (unpaired) electrons. The van der Waals surface area contributed by atoms with Gasteiger partial charge in [-0.25, -0.2) is 0 Å². The van der Waals surface area contributed by atoms with Crippen LogP contribution in [0.3, 0.4) is 0 Å². The summed E-state index contributed by atoms with van der Waals surface area (Å²) in [7, 11) is 1.65. The summed E-state index contributed by atoms with van der Waals surface area (Å²) in [5.74, 6) is -0.234. The minimum Gasteiger partial charge on any atom is -0.342 e. The predicted octanol–water partition coefficient (Wildman–Crippen LogP) is 1.02. The predicted molar refractivity (Wildman–Crippen MR) is 63.7 cm³/mol. The summed E-state index contributed by atoms with van der Waals surface area (Å²) in [4.78, 5) is 23.5. The molecule has 1 rings (SSSR count). The number of carbonyl (C=O) groups is 1. The van der Waals surface area contributed by atoms with Crippen molar-refractivity contribution >= 4 is 11.6 Å². The molecular weight excluding hydrogens is 222 g/mol. The average molecular weight is 237 g/mol. The number of nitrogens with zero attached hydrogens (tertiary/aromatic N) is 2. The van der Waals surface area contributed by atoms with Gasteiger partial charge in [-0.3, -0.25) is 14.9 Å². The Morgan fingerprint density at radius 3 is 2.82 bits per heavy atom. The van der Waals surface area contributed by atoms with Crippen LogP contribution in [0.25, 0.3) is 0 Å². The van der Waals surface area contributed by atoms with Crippen LogP contribution in [0.5, 0.6) is 0 Å². The minimum absolute atomic E-state index is 0.0805. The number of nitro benzene ring substituents is 1. The number of nitrogens with two attached hydrogens (primary N) is 1. The smallest absolute Gasteiger partial charge is 0.270 e. The van der Waals surface area contributed by atoms with Gasteiger partial charge in [-0.2, -0.15) is 0 Å². The normalized spacial score (nSPS) is 10.0. The van der Waals surface area contributed by atoms with Crippen molar-refractivity contribution in [1.29, 1.82) is 0 Å². The maximum absolute atomic E-state index is 11.9. The maximum atomic E-state index is 11.9. The summed E-state index contributed by atoms with van der Waals surface area (Å²) in [6, 6.07) is 5.70. The molecule has 17 heavy (non-hydrogen) atoms. The standard InChI is InChI=1S/C11H15N3O3/c1-13(7-3-6-12)11(15)9-4-2-5-10(8-9)14(16)17/h2,4-5,8H,3,6-7,12H2,1H3. The van der Waals surface area contributed by atoms with Crippen molar-refractivity contribution in [3.63, 3.8) is 0 Å². The molecule has 0 spiro atoms. The Hall–Kier alpha value is -1.95. The van der Waals surface area contributed by atoms with Gasteiger partial charge in [-0.05, 0) is 19.0 Å². The van der Waals surface area contributed by atoms with Gasteiger partial charge >= 0.3 is 0 Å². The average Bonchev–Trinajstić information content (AvgIpc) is 2.35. The van der Waals surface area contributed by atoms with Crippen LogP contribution in [-0.4, -0.2) is 35.9 Å². The second-order valence-electron chi connectivity index (χ2n) is 3.68. The van der Waals surface area contributed by atoms with E-state index in [1.165, 1.54) is 23.1 Å². The van der Waals surface area contributed by atoms with Crippen LogP contribution in [0.15, 0.2) is 24.3 Å². The molecule has 2 N–H and O–H groups in total. The lowest BCUT2D eigenvalue weighted by atomic mass is 10.2. The molecule has 0 bridgehead atoms. The van der Waals surface area contributed by atoms with Gasteiger partial charge in [0.25, 0.3) is 11.6 Å². The Balaban J connectivity index is 2.81. The van der Waals surface area contributed by atoms with Gasteiger partial charge in [0, 0.05) is 31.3 Å². The van der Waals surface area contributed by atoms with E-state index in [-0.39, 0.29) is 11.6 Å². The number of benzene rings is 1. The van der Waals surface area contributed by atoms with E-state index in [0.29, 0.717) is 25.1 Å². The van der Waals surface area contributed by atoms with Gasteiger partial charge in [0.15, 0.2) is 0 Å². The molecule has 0 heterocycles. The summed E-state index contributed by atoms with van der Waals surface area (Å²) in [6.45, 7) is 1.05. The van der Waals surface area contributed by atoms with E-state index in [2.05, 4.69) is 0 Å². The van der Waals surface area contributed by atoms with Crippen LogP contribution >= 0.6 is 0 Å². The Labute approximate surface area is 99.2 Å². The molecule has 6 nitrogen and oxygen atoms in total. The Morgan fingerprint density at radius 1 is 1.53 bits per heavy atom. The van der Waals surface area contributed by atoms with Crippen molar-refractivity contribution in [2.45, 2.75) is 6.42 Å². The van der Waals surface area contributed by atoms with Gasteiger partial charge in [-0.15, -0.1) is 0 Å². The van der Waals surface area contributed by atoms with Gasteiger partial charge in [0.1, 0.15) is 0 Å². The van der Waals surface area contributed by atoms with Crippen molar-refractivity contribution in [2.24, 2.45) is 5.73 Å². The molecule has 0 atom stereocenters. The molecule has 0 fully saturated rings. The molecule has 0 aliphatic rings. The number of nitro groups is 1. The third-order valence-electron chi connectivity index (χ3n) is 2.35. The molecule has 1 aromatic rings. The van der Waals surface area contributed by atoms with Crippen molar-refractivity contribution in [3.05, 3.63) is 39.9 Å². The number of non-ortho nitro benzene ring substituents is 1. The van der Waals surface area contributed by atoms with E-state index in [9.17, 15) is 14.9 Å². The zero-order valence-electron chi connectivity index (χ0n) is 9.63. The van der Waals surface area contributed by atoms with Gasteiger partial charge in [-0.1, -0.05) is 6.07 Å². The number of hydrogen-bond acceptors (Lipinski definition) is 4. The van der Waals surface area contributed by atoms with Crippen LogP contribution in [0.4, 0.5) is 5.69 Å². The van der Waals surface area contributed by atoms with E-state index in [1.54, 1.807) is 13.1 Å². The highest BCUT2D eigenvalue weighted by atomic mass is 16.6. The molecule has 6 heteroatoms. The second kappa shape index (κ2) is 5.95. The van der Waals surface area contributed by atoms with Crippen molar-refractivity contribution in [1.82, 2.24) is 4.90 Å². The molecular formula is C11H15N3O3. The first kappa shape index (κ1) is 13.1. The Kier molecular flexibility index (Phi) is 4.59. The highest BCUT2D eigenvalue weighted by Crippen LogP contribution is 2.14. The van der Waals surface area contributed by atoms with E-state index < -0.39 is 4.92 Å². The summed E-state index contributed by atoms with van der Waals surface area (Å²) >= 11 is 0. The molecule has 0 aromatic heterocycles. The zero-order chi connectivity index (χ0) is 12.8. The lowest BCUT2D eigenvalue weighted by molar-refractivity contribution is -0.384. The topological polar surface area (TPSA) is 89.5 Å². The van der Waals surface area contributed by atoms with E-state index in [1.807, 2.05) is 0 Å². The van der Waals surface area contributed by atoms with Crippen molar-refractivity contribution < 1.29 is 9.72 Å². The first-order valence-electron chi connectivity index (χ1n) is 5.26. The summed E-state index contributed by atoms with van der Waals surface area (Å²) in [5.41, 5.74) is 5.59. The van der Waals surface area contributed by atoms with Crippen molar-refractivity contribution in [3.8, 4) is 0 Å². The molecule has 0 aliphatic carbocycles. The fraction of sp³-hybridized carbons (Fsp3) is 0.364. The van der Waals surface area contributed by atoms with Gasteiger partial charge in [0.2, 0.25) is 0 Å². The minimum atomic E-state index is -0.517. The maximum Gasteiger partial charge on any atom is 0.270 e.